The van der Waals surface area contributed by atoms with Crippen molar-refractivity contribution in [2.45, 2.75) is 19.4 Å². The number of nitrogens with zero attached hydrogens (tertiary/aromatic N) is 2. The molecule has 2 heterocycles. The first-order chi connectivity index (χ1) is 9.81. The Bertz CT molecular complexity index is 569. The summed E-state index contributed by atoms with van der Waals surface area (Å²) in [7, 11) is 0. The van der Waals surface area contributed by atoms with Crippen LogP contribution >= 0.6 is 0 Å². The van der Waals surface area contributed by atoms with E-state index in [1.54, 1.807) is 6.20 Å². The smallest absolute Gasteiger partial charge is 0.239 e. The molecule has 1 aliphatic carbocycles. The van der Waals surface area contributed by atoms with Gasteiger partial charge >= 0.3 is 0 Å². The zero-order valence-electron chi connectivity index (χ0n) is 11.2. The molecule has 1 aliphatic rings. The molecule has 0 atom stereocenters. The molecule has 3 N–H and O–H groups in total. The molecule has 2 aromatic rings. The van der Waals surface area contributed by atoms with E-state index < -0.39 is 0 Å². The predicted octanol–water partition coefficient (Wildman–Crippen LogP) is 2.46. The first-order valence-electron chi connectivity index (χ1n) is 6.83. The van der Waals surface area contributed by atoms with Gasteiger partial charge in [-0.1, -0.05) is 6.07 Å². The second-order valence-electron chi connectivity index (χ2n) is 5.06. The summed E-state index contributed by atoms with van der Waals surface area (Å²) >= 11 is 0. The zero-order valence-corrected chi connectivity index (χ0v) is 11.2. The number of anilines is 2. The Morgan fingerprint density at radius 2 is 2.20 bits per heavy atom. The van der Waals surface area contributed by atoms with Crippen molar-refractivity contribution in [2.75, 3.05) is 17.7 Å². The summed E-state index contributed by atoms with van der Waals surface area (Å²) in [5.41, 5.74) is 7.56. The van der Waals surface area contributed by atoms with Crippen LogP contribution in [0.15, 0.2) is 36.7 Å². The fourth-order valence-electron chi connectivity index (χ4n) is 1.84. The maximum absolute atomic E-state index is 5.88. The number of hydrogen-bond acceptors (Lipinski definition) is 5. The van der Waals surface area contributed by atoms with Crippen LogP contribution in [0.5, 0.6) is 5.88 Å². The second kappa shape index (κ2) is 5.77. The van der Waals surface area contributed by atoms with Gasteiger partial charge in [0.05, 0.1) is 12.3 Å². The Hall–Kier alpha value is -2.30. The number of nitrogens with two attached hydrogens (primary N) is 1. The first kappa shape index (κ1) is 12.7. The number of hydrogen-bond donors (Lipinski definition) is 2. The molecular weight excluding hydrogens is 252 g/mol. The lowest BCUT2D eigenvalue weighted by molar-refractivity contribution is 0.290. The highest BCUT2D eigenvalue weighted by Crippen LogP contribution is 2.30. The summed E-state index contributed by atoms with van der Waals surface area (Å²) in [5, 5.41) is 3.25. The number of aromatic nitrogens is 2. The quantitative estimate of drug-likeness (QED) is 0.843. The molecule has 1 fully saturated rings. The van der Waals surface area contributed by atoms with Gasteiger partial charge in [0.2, 0.25) is 5.88 Å². The molecule has 5 nitrogen and oxygen atoms in total. The molecule has 0 aliphatic heterocycles. The molecular formula is C15H18N4O. The van der Waals surface area contributed by atoms with E-state index in [1.807, 2.05) is 30.5 Å². The zero-order chi connectivity index (χ0) is 13.8. The minimum absolute atomic E-state index is 0.521. The van der Waals surface area contributed by atoms with Crippen LogP contribution < -0.4 is 15.8 Å². The molecule has 0 amide bonds. The highest BCUT2D eigenvalue weighted by Gasteiger charge is 2.22. The van der Waals surface area contributed by atoms with Crippen LogP contribution in [0.2, 0.25) is 0 Å². The van der Waals surface area contributed by atoms with Gasteiger partial charge in [-0.25, -0.2) is 0 Å². The summed E-state index contributed by atoms with van der Waals surface area (Å²) < 4.78 is 5.66. The molecule has 2 aromatic heterocycles. The summed E-state index contributed by atoms with van der Waals surface area (Å²) in [5.74, 6) is 1.96. The molecule has 104 valence electrons. The molecule has 5 heteroatoms. The van der Waals surface area contributed by atoms with E-state index in [2.05, 4.69) is 15.3 Å². The van der Waals surface area contributed by atoms with E-state index in [-0.39, 0.29) is 0 Å². The highest BCUT2D eigenvalue weighted by atomic mass is 16.5. The van der Waals surface area contributed by atoms with Crippen LogP contribution in [0, 0.1) is 5.92 Å². The van der Waals surface area contributed by atoms with E-state index in [4.69, 9.17) is 10.5 Å². The molecule has 3 rings (SSSR count). The fourth-order valence-corrected chi connectivity index (χ4v) is 1.84. The van der Waals surface area contributed by atoms with E-state index in [1.165, 1.54) is 12.8 Å². The Morgan fingerprint density at radius 1 is 1.30 bits per heavy atom. The van der Waals surface area contributed by atoms with Crippen molar-refractivity contribution in [3.05, 3.63) is 42.2 Å². The molecule has 0 spiro atoms. The lowest BCUT2D eigenvalue weighted by atomic mass is 10.3. The first-order valence-corrected chi connectivity index (χ1v) is 6.83. The molecule has 0 radical (unpaired) electrons. The van der Waals surface area contributed by atoms with Crippen molar-refractivity contribution in [2.24, 2.45) is 5.92 Å². The van der Waals surface area contributed by atoms with Crippen LogP contribution in [0.4, 0.5) is 11.5 Å². The van der Waals surface area contributed by atoms with Gasteiger partial charge in [0.25, 0.3) is 0 Å². The SMILES string of the molecule is Nc1ccc(NCc2cccnc2)nc1OCC1CC1. The van der Waals surface area contributed by atoms with Crippen molar-refractivity contribution in [1.82, 2.24) is 9.97 Å². The molecule has 0 aromatic carbocycles. The minimum atomic E-state index is 0.521. The summed E-state index contributed by atoms with van der Waals surface area (Å²) in [6.07, 6.45) is 6.08. The summed E-state index contributed by atoms with van der Waals surface area (Å²) in [6, 6.07) is 7.61. The lowest BCUT2D eigenvalue weighted by Gasteiger charge is -2.10. The Labute approximate surface area is 118 Å². The average molecular weight is 270 g/mol. The minimum Gasteiger partial charge on any atom is -0.476 e. The number of rotatable bonds is 6. The highest BCUT2D eigenvalue weighted by molar-refractivity contribution is 5.53. The van der Waals surface area contributed by atoms with E-state index >= 15 is 0 Å². The Kier molecular flexibility index (Phi) is 3.67. The van der Waals surface area contributed by atoms with Gasteiger partial charge in [-0.15, -0.1) is 0 Å². The number of nitrogen functional groups attached to an aromatic ring is 1. The topological polar surface area (TPSA) is 73.1 Å². The standard InChI is InChI=1S/C15H18N4O/c16-13-5-6-14(18-9-12-2-1-7-17-8-12)19-15(13)20-10-11-3-4-11/h1-2,5-8,11H,3-4,9-10,16H2,(H,18,19). The Morgan fingerprint density at radius 3 is 2.95 bits per heavy atom. The van der Waals surface area contributed by atoms with E-state index in [0.29, 0.717) is 30.6 Å². The van der Waals surface area contributed by atoms with E-state index in [0.717, 1.165) is 11.4 Å². The van der Waals surface area contributed by atoms with Crippen molar-refractivity contribution in [3.63, 3.8) is 0 Å². The lowest BCUT2D eigenvalue weighted by Crippen LogP contribution is -2.07. The van der Waals surface area contributed by atoms with Crippen molar-refractivity contribution < 1.29 is 4.74 Å². The largest absolute Gasteiger partial charge is 0.476 e. The third-order valence-corrected chi connectivity index (χ3v) is 3.24. The molecule has 0 unspecified atom stereocenters. The van der Waals surface area contributed by atoms with Gasteiger partial charge in [-0.2, -0.15) is 4.98 Å². The maximum Gasteiger partial charge on any atom is 0.239 e. The van der Waals surface area contributed by atoms with Gasteiger partial charge in [-0.3, -0.25) is 4.98 Å². The van der Waals surface area contributed by atoms with Gasteiger partial charge in [0.15, 0.2) is 0 Å². The fraction of sp³-hybridized carbons (Fsp3) is 0.333. The van der Waals surface area contributed by atoms with Crippen LogP contribution in [0.1, 0.15) is 18.4 Å². The van der Waals surface area contributed by atoms with E-state index in [9.17, 15) is 0 Å². The summed E-state index contributed by atoms with van der Waals surface area (Å²) in [6.45, 7) is 1.39. The van der Waals surface area contributed by atoms with Crippen molar-refractivity contribution in [1.29, 1.82) is 0 Å². The van der Waals surface area contributed by atoms with Gasteiger partial charge < -0.3 is 15.8 Å². The van der Waals surface area contributed by atoms with Crippen LogP contribution in [0.3, 0.4) is 0 Å². The van der Waals surface area contributed by atoms with Gasteiger partial charge in [-0.05, 0) is 42.5 Å². The van der Waals surface area contributed by atoms with Crippen molar-refractivity contribution in [3.8, 4) is 5.88 Å². The van der Waals surface area contributed by atoms with Crippen LogP contribution in [-0.2, 0) is 6.54 Å². The number of ether oxygens (including phenoxy) is 1. The number of pyridine rings is 2. The molecule has 0 saturated heterocycles. The molecule has 20 heavy (non-hydrogen) atoms. The summed E-state index contributed by atoms with van der Waals surface area (Å²) in [4.78, 5) is 8.49. The Balaban J connectivity index is 1.62. The molecule has 0 bridgehead atoms. The van der Waals surface area contributed by atoms with Gasteiger partial charge in [0.1, 0.15) is 5.82 Å². The number of nitrogens with one attached hydrogen (secondary N) is 1. The van der Waals surface area contributed by atoms with Crippen molar-refractivity contribution >= 4 is 11.5 Å². The third kappa shape index (κ3) is 3.38. The van der Waals surface area contributed by atoms with Crippen LogP contribution in [0.25, 0.3) is 0 Å². The molecule has 1 saturated carbocycles. The van der Waals surface area contributed by atoms with Crippen LogP contribution in [-0.4, -0.2) is 16.6 Å². The average Bonchev–Trinajstić information content (AvgIpc) is 3.30. The monoisotopic (exact) mass is 270 g/mol. The maximum atomic E-state index is 5.88. The normalized spacial score (nSPS) is 14.0. The third-order valence-electron chi connectivity index (χ3n) is 3.24. The predicted molar refractivity (Wildman–Crippen MR) is 78.4 cm³/mol. The second-order valence-corrected chi connectivity index (χ2v) is 5.06. The van der Waals surface area contributed by atoms with Gasteiger partial charge in [0, 0.05) is 18.9 Å².